The van der Waals surface area contributed by atoms with E-state index in [0.717, 1.165) is 12.2 Å². The van der Waals surface area contributed by atoms with Gasteiger partial charge in [-0.2, -0.15) is 0 Å². The van der Waals surface area contributed by atoms with E-state index in [9.17, 15) is 4.79 Å². The standard InChI is InChI=1S/C9H14N2O2/c1-7(9(10)12)11-5-4-8-3-2-6-13-8/h2-3,6-7,11H,4-5H2,1H3,(H2,10,12). The lowest BCUT2D eigenvalue weighted by Crippen LogP contribution is -2.39. The Morgan fingerprint density at radius 1 is 1.77 bits per heavy atom. The zero-order valence-electron chi connectivity index (χ0n) is 7.62. The van der Waals surface area contributed by atoms with Crippen molar-refractivity contribution < 1.29 is 9.21 Å². The van der Waals surface area contributed by atoms with E-state index < -0.39 is 0 Å². The minimum absolute atomic E-state index is 0.282. The minimum atomic E-state index is -0.334. The van der Waals surface area contributed by atoms with Crippen molar-refractivity contribution in [3.8, 4) is 0 Å². The highest BCUT2D eigenvalue weighted by Crippen LogP contribution is 1.99. The first-order valence-electron chi connectivity index (χ1n) is 4.25. The van der Waals surface area contributed by atoms with Gasteiger partial charge in [-0.15, -0.1) is 0 Å². The first kappa shape index (κ1) is 9.80. The Morgan fingerprint density at radius 2 is 2.54 bits per heavy atom. The number of rotatable bonds is 5. The zero-order valence-corrected chi connectivity index (χ0v) is 7.62. The average Bonchev–Trinajstić information content (AvgIpc) is 2.56. The summed E-state index contributed by atoms with van der Waals surface area (Å²) in [6, 6.07) is 3.46. The Kier molecular flexibility index (Phi) is 3.52. The minimum Gasteiger partial charge on any atom is -0.469 e. The number of hydrogen-bond donors (Lipinski definition) is 2. The molecule has 0 fully saturated rings. The van der Waals surface area contributed by atoms with Crippen LogP contribution in [0.15, 0.2) is 22.8 Å². The van der Waals surface area contributed by atoms with E-state index in [-0.39, 0.29) is 11.9 Å². The number of nitrogens with one attached hydrogen (secondary N) is 1. The van der Waals surface area contributed by atoms with Crippen LogP contribution in [-0.2, 0) is 11.2 Å². The number of hydrogen-bond acceptors (Lipinski definition) is 3. The molecule has 0 aliphatic rings. The summed E-state index contributed by atoms with van der Waals surface area (Å²) in [5, 5.41) is 2.99. The fraction of sp³-hybridized carbons (Fsp3) is 0.444. The van der Waals surface area contributed by atoms with E-state index in [0.29, 0.717) is 6.54 Å². The van der Waals surface area contributed by atoms with Crippen molar-refractivity contribution >= 4 is 5.91 Å². The fourth-order valence-electron chi connectivity index (χ4n) is 0.967. The lowest BCUT2D eigenvalue weighted by Gasteiger charge is -2.08. The molecule has 0 aliphatic carbocycles. The quantitative estimate of drug-likeness (QED) is 0.687. The zero-order chi connectivity index (χ0) is 9.68. The third-order valence-electron chi connectivity index (χ3n) is 1.83. The lowest BCUT2D eigenvalue weighted by atomic mass is 10.3. The average molecular weight is 182 g/mol. The van der Waals surface area contributed by atoms with Gasteiger partial charge in [0.2, 0.25) is 5.91 Å². The van der Waals surface area contributed by atoms with Gasteiger partial charge in [-0.3, -0.25) is 4.79 Å². The van der Waals surface area contributed by atoms with Crippen molar-refractivity contribution in [1.82, 2.24) is 5.32 Å². The first-order chi connectivity index (χ1) is 6.20. The summed E-state index contributed by atoms with van der Waals surface area (Å²) in [6.45, 7) is 2.43. The van der Waals surface area contributed by atoms with Gasteiger partial charge < -0.3 is 15.5 Å². The van der Waals surface area contributed by atoms with Crippen LogP contribution in [0.25, 0.3) is 0 Å². The molecule has 1 atom stereocenters. The van der Waals surface area contributed by atoms with E-state index in [4.69, 9.17) is 10.2 Å². The van der Waals surface area contributed by atoms with Gasteiger partial charge >= 0.3 is 0 Å². The summed E-state index contributed by atoms with van der Waals surface area (Å²) in [5.41, 5.74) is 5.07. The molecule has 0 saturated heterocycles. The Hall–Kier alpha value is -1.29. The molecular weight excluding hydrogens is 168 g/mol. The van der Waals surface area contributed by atoms with Gasteiger partial charge in [0.1, 0.15) is 5.76 Å². The third kappa shape index (κ3) is 3.29. The number of furan rings is 1. The second kappa shape index (κ2) is 4.67. The van der Waals surface area contributed by atoms with Gasteiger partial charge in [0.05, 0.1) is 12.3 Å². The lowest BCUT2D eigenvalue weighted by molar-refractivity contribution is -0.119. The van der Waals surface area contributed by atoms with Crippen molar-refractivity contribution in [1.29, 1.82) is 0 Å². The van der Waals surface area contributed by atoms with Gasteiger partial charge in [0, 0.05) is 13.0 Å². The summed E-state index contributed by atoms with van der Waals surface area (Å²) in [5.74, 6) is 0.573. The highest BCUT2D eigenvalue weighted by molar-refractivity contribution is 5.79. The SMILES string of the molecule is CC(NCCc1ccco1)C(N)=O. The van der Waals surface area contributed by atoms with Crippen LogP contribution < -0.4 is 11.1 Å². The molecule has 0 spiro atoms. The predicted octanol–water partition coefficient (Wildman–Crippen LogP) is 0.285. The molecule has 13 heavy (non-hydrogen) atoms. The van der Waals surface area contributed by atoms with Crippen molar-refractivity contribution in [3.05, 3.63) is 24.2 Å². The van der Waals surface area contributed by atoms with Crippen LogP contribution in [-0.4, -0.2) is 18.5 Å². The second-order valence-electron chi connectivity index (χ2n) is 2.91. The fourth-order valence-corrected chi connectivity index (χ4v) is 0.967. The van der Waals surface area contributed by atoms with Gasteiger partial charge in [0.15, 0.2) is 0 Å². The molecule has 1 rings (SSSR count). The van der Waals surface area contributed by atoms with Crippen LogP contribution in [0, 0.1) is 0 Å². The second-order valence-corrected chi connectivity index (χ2v) is 2.91. The molecule has 0 aromatic carbocycles. The molecule has 1 amide bonds. The van der Waals surface area contributed by atoms with Crippen LogP contribution in [0.5, 0.6) is 0 Å². The van der Waals surface area contributed by atoms with E-state index in [1.807, 2.05) is 12.1 Å². The van der Waals surface area contributed by atoms with Crippen molar-refractivity contribution in [3.63, 3.8) is 0 Å². The van der Waals surface area contributed by atoms with E-state index in [2.05, 4.69) is 5.32 Å². The predicted molar refractivity (Wildman–Crippen MR) is 49.1 cm³/mol. The topological polar surface area (TPSA) is 68.3 Å². The third-order valence-corrected chi connectivity index (χ3v) is 1.83. The number of primary amides is 1. The number of nitrogens with two attached hydrogens (primary N) is 1. The molecule has 72 valence electrons. The Morgan fingerprint density at radius 3 is 3.08 bits per heavy atom. The summed E-state index contributed by atoms with van der Waals surface area (Å²) < 4.78 is 5.12. The molecule has 1 heterocycles. The van der Waals surface area contributed by atoms with Gasteiger partial charge in [-0.05, 0) is 19.1 Å². The maximum Gasteiger partial charge on any atom is 0.234 e. The number of carbonyl (C=O) groups is 1. The largest absolute Gasteiger partial charge is 0.469 e. The highest BCUT2D eigenvalue weighted by Gasteiger charge is 2.06. The molecule has 3 N–H and O–H groups in total. The Labute approximate surface area is 77.1 Å². The van der Waals surface area contributed by atoms with Crippen LogP contribution in [0.3, 0.4) is 0 Å². The number of amides is 1. The molecule has 1 unspecified atom stereocenters. The normalized spacial score (nSPS) is 12.7. The van der Waals surface area contributed by atoms with Crippen LogP contribution in [0.2, 0.25) is 0 Å². The molecule has 4 heteroatoms. The Bertz CT molecular complexity index is 257. The first-order valence-corrected chi connectivity index (χ1v) is 4.25. The molecule has 0 aliphatic heterocycles. The molecule has 0 bridgehead atoms. The van der Waals surface area contributed by atoms with Crippen LogP contribution in [0.4, 0.5) is 0 Å². The van der Waals surface area contributed by atoms with Crippen molar-refractivity contribution in [2.24, 2.45) is 5.73 Å². The van der Waals surface area contributed by atoms with E-state index >= 15 is 0 Å². The monoisotopic (exact) mass is 182 g/mol. The van der Waals surface area contributed by atoms with Gasteiger partial charge in [0.25, 0.3) is 0 Å². The molecule has 4 nitrogen and oxygen atoms in total. The van der Waals surface area contributed by atoms with Gasteiger partial charge in [-0.1, -0.05) is 0 Å². The molecular formula is C9H14N2O2. The maximum absolute atomic E-state index is 10.6. The molecule has 0 saturated carbocycles. The Balaban J connectivity index is 2.18. The van der Waals surface area contributed by atoms with Crippen LogP contribution in [0.1, 0.15) is 12.7 Å². The molecule has 0 radical (unpaired) electrons. The summed E-state index contributed by atoms with van der Waals surface area (Å²) in [6.07, 6.45) is 2.40. The van der Waals surface area contributed by atoms with E-state index in [1.54, 1.807) is 13.2 Å². The van der Waals surface area contributed by atoms with Crippen LogP contribution >= 0.6 is 0 Å². The summed E-state index contributed by atoms with van der Waals surface area (Å²) in [7, 11) is 0. The van der Waals surface area contributed by atoms with Gasteiger partial charge in [-0.25, -0.2) is 0 Å². The molecule has 1 aromatic heterocycles. The summed E-state index contributed by atoms with van der Waals surface area (Å²) in [4.78, 5) is 10.6. The highest BCUT2D eigenvalue weighted by atomic mass is 16.3. The van der Waals surface area contributed by atoms with Crippen molar-refractivity contribution in [2.45, 2.75) is 19.4 Å². The van der Waals surface area contributed by atoms with Crippen molar-refractivity contribution in [2.75, 3.05) is 6.54 Å². The number of carbonyl (C=O) groups excluding carboxylic acids is 1. The van der Waals surface area contributed by atoms with E-state index in [1.165, 1.54) is 0 Å². The molecule has 1 aromatic rings. The maximum atomic E-state index is 10.6. The summed E-state index contributed by atoms with van der Waals surface area (Å²) >= 11 is 0. The smallest absolute Gasteiger partial charge is 0.234 e.